The van der Waals surface area contributed by atoms with E-state index in [2.05, 4.69) is 39.7 Å². The van der Waals surface area contributed by atoms with E-state index < -0.39 is 0 Å². The van der Waals surface area contributed by atoms with Crippen LogP contribution in [0.4, 0.5) is 17.3 Å². The molecule has 0 bridgehead atoms. The van der Waals surface area contributed by atoms with Crippen molar-refractivity contribution in [2.45, 2.75) is 13.0 Å². The quantitative estimate of drug-likeness (QED) is 0.768. The molecule has 0 aliphatic rings. The molecular weight excluding hydrogens is 226 g/mol. The van der Waals surface area contributed by atoms with E-state index in [0.717, 1.165) is 0 Å². The zero-order chi connectivity index (χ0) is 13.0. The number of rotatable bonds is 4. The van der Waals surface area contributed by atoms with Gasteiger partial charge in [0.15, 0.2) is 11.6 Å². The van der Waals surface area contributed by atoms with Gasteiger partial charge in [-0.15, -0.1) is 0 Å². The van der Waals surface area contributed by atoms with Crippen LogP contribution in [0.3, 0.4) is 0 Å². The third-order valence-electron chi connectivity index (χ3n) is 2.77. The monoisotopic (exact) mass is 243 g/mol. The molecule has 1 aromatic heterocycles. The molecule has 1 atom stereocenters. The number of hydrogen-bond donors (Lipinski definition) is 3. The molecule has 1 heterocycles. The van der Waals surface area contributed by atoms with Gasteiger partial charge in [0.2, 0.25) is 0 Å². The van der Waals surface area contributed by atoms with Crippen LogP contribution in [-0.2, 0) is 0 Å². The second-order valence-corrected chi connectivity index (χ2v) is 4.01. The summed E-state index contributed by atoms with van der Waals surface area (Å²) in [5.74, 6) is 1.28. The van der Waals surface area contributed by atoms with Crippen molar-refractivity contribution >= 4 is 17.3 Å². The number of nitrogens with two attached hydrogens (primary N) is 1. The van der Waals surface area contributed by atoms with Gasteiger partial charge in [-0.2, -0.15) is 0 Å². The van der Waals surface area contributed by atoms with Crippen LogP contribution in [0.15, 0.2) is 36.7 Å². The first kappa shape index (κ1) is 12.2. The summed E-state index contributed by atoms with van der Waals surface area (Å²) in [5.41, 5.74) is 7.68. The van der Waals surface area contributed by atoms with Crippen molar-refractivity contribution in [1.29, 1.82) is 0 Å². The van der Waals surface area contributed by atoms with E-state index in [1.54, 1.807) is 7.05 Å². The van der Waals surface area contributed by atoms with Gasteiger partial charge in [0, 0.05) is 7.05 Å². The lowest BCUT2D eigenvalue weighted by Gasteiger charge is -2.17. The fourth-order valence-corrected chi connectivity index (χ4v) is 1.74. The highest BCUT2D eigenvalue weighted by Crippen LogP contribution is 2.25. The zero-order valence-electron chi connectivity index (χ0n) is 10.5. The number of benzene rings is 1. The van der Waals surface area contributed by atoms with Crippen LogP contribution < -0.4 is 16.4 Å². The lowest BCUT2D eigenvalue weighted by atomic mass is 10.1. The fourth-order valence-electron chi connectivity index (χ4n) is 1.74. The lowest BCUT2D eigenvalue weighted by molar-refractivity contribution is 0.873. The van der Waals surface area contributed by atoms with Crippen LogP contribution in [0, 0.1) is 0 Å². The van der Waals surface area contributed by atoms with E-state index in [-0.39, 0.29) is 6.04 Å². The largest absolute Gasteiger partial charge is 0.393 e. The summed E-state index contributed by atoms with van der Waals surface area (Å²) < 4.78 is 0. The predicted octanol–water partition coefficient (Wildman–Crippen LogP) is 2.27. The van der Waals surface area contributed by atoms with Crippen LogP contribution >= 0.6 is 0 Å². The number of nitrogens with zero attached hydrogens (tertiary/aromatic N) is 2. The van der Waals surface area contributed by atoms with Crippen LogP contribution in [0.25, 0.3) is 0 Å². The molecule has 0 aliphatic carbocycles. The van der Waals surface area contributed by atoms with Crippen molar-refractivity contribution in [2.24, 2.45) is 0 Å². The summed E-state index contributed by atoms with van der Waals surface area (Å²) in [4.78, 5) is 8.22. The van der Waals surface area contributed by atoms with E-state index in [1.807, 2.05) is 18.2 Å². The molecule has 2 rings (SSSR count). The molecule has 0 fully saturated rings. The molecule has 0 saturated heterocycles. The Hall–Kier alpha value is -2.30. The summed E-state index contributed by atoms with van der Waals surface area (Å²) in [6, 6.07) is 10.3. The van der Waals surface area contributed by atoms with Gasteiger partial charge in [-0.25, -0.2) is 9.97 Å². The highest BCUT2D eigenvalue weighted by atomic mass is 15.1. The maximum Gasteiger partial charge on any atom is 0.155 e. The minimum atomic E-state index is 0.133. The first-order valence-corrected chi connectivity index (χ1v) is 5.82. The summed E-state index contributed by atoms with van der Waals surface area (Å²) in [6.07, 6.45) is 1.49. The smallest absolute Gasteiger partial charge is 0.155 e. The third kappa shape index (κ3) is 2.51. The third-order valence-corrected chi connectivity index (χ3v) is 2.77. The highest BCUT2D eigenvalue weighted by molar-refractivity contribution is 5.74. The fraction of sp³-hybridized carbons (Fsp3) is 0.231. The van der Waals surface area contributed by atoms with Gasteiger partial charge >= 0.3 is 0 Å². The Morgan fingerprint density at radius 2 is 1.78 bits per heavy atom. The van der Waals surface area contributed by atoms with Crippen LogP contribution in [0.5, 0.6) is 0 Å². The number of anilines is 3. The normalized spacial score (nSPS) is 11.9. The van der Waals surface area contributed by atoms with Crippen molar-refractivity contribution in [3.8, 4) is 0 Å². The molecule has 1 unspecified atom stereocenters. The van der Waals surface area contributed by atoms with E-state index in [9.17, 15) is 0 Å². The van der Waals surface area contributed by atoms with E-state index >= 15 is 0 Å². The van der Waals surface area contributed by atoms with Gasteiger partial charge < -0.3 is 16.4 Å². The van der Waals surface area contributed by atoms with Crippen LogP contribution in [0.2, 0.25) is 0 Å². The molecule has 0 saturated carbocycles. The molecule has 0 aliphatic heterocycles. The Morgan fingerprint density at radius 1 is 1.11 bits per heavy atom. The average molecular weight is 243 g/mol. The standard InChI is InChI=1S/C13H17N5/c1-9(10-6-4-3-5-7-10)18-13-11(14)12(15-2)16-8-17-13/h3-9H,14H2,1-2H3,(H2,15,16,17,18). The molecule has 4 N–H and O–H groups in total. The zero-order valence-corrected chi connectivity index (χ0v) is 10.5. The summed E-state index contributed by atoms with van der Waals surface area (Å²) >= 11 is 0. The Labute approximate surface area is 106 Å². The Bertz CT molecular complexity index is 512. The molecule has 18 heavy (non-hydrogen) atoms. The van der Waals surface area contributed by atoms with E-state index in [4.69, 9.17) is 5.73 Å². The molecule has 5 heteroatoms. The predicted molar refractivity (Wildman–Crippen MR) is 74.5 cm³/mol. The molecule has 94 valence electrons. The van der Waals surface area contributed by atoms with Crippen molar-refractivity contribution in [1.82, 2.24) is 9.97 Å². The van der Waals surface area contributed by atoms with Gasteiger partial charge in [-0.05, 0) is 12.5 Å². The number of nitrogens with one attached hydrogen (secondary N) is 2. The van der Waals surface area contributed by atoms with Crippen molar-refractivity contribution in [3.05, 3.63) is 42.2 Å². The van der Waals surface area contributed by atoms with Crippen molar-refractivity contribution in [2.75, 3.05) is 23.4 Å². The molecule has 5 nitrogen and oxygen atoms in total. The minimum Gasteiger partial charge on any atom is -0.393 e. The maximum absolute atomic E-state index is 5.97. The Kier molecular flexibility index (Phi) is 3.62. The molecule has 1 aromatic carbocycles. The van der Waals surface area contributed by atoms with Crippen molar-refractivity contribution < 1.29 is 0 Å². The van der Waals surface area contributed by atoms with E-state index in [1.165, 1.54) is 11.9 Å². The van der Waals surface area contributed by atoms with Gasteiger partial charge in [0.1, 0.15) is 12.0 Å². The van der Waals surface area contributed by atoms with Gasteiger partial charge in [-0.1, -0.05) is 30.3 Å². The second kappa shape index (κ2) is 5.35. The number of aromatic nitrogens is 2. The highest BCUT2D eigenvalue weighted by Gasteiger charge is 2.10. The Morgan fingerprint density at radius 3 is 2.44 bits per heavy atom. The summed E-state index contributed by atoms with van der Waals surface area (Å²) in [7, 11) is 1.78. The van der Waals surface area contributed by atoms with Crippen LogP contribution in [0.1, 0.15) is 18.5 Å². The van der Waals surface area contributed by atoms with Gasteiger partial charge in [-0.3, -0.25) is 0 Å². The summed E-state index contributed by atoms with van der Waals surface area (Å²) in [6.45, 7) is 2.07. The first-order valence-electron chi connectivity index (χ1n) is 5.82. The van der Waals surface area contributed by atoms with Gasteiger partial charge in [0.05, 0.1) is 6.04 Å². The maximum atomic E-state index is 5.97. The molecule has 0 radical (unpaired) electrons. The molecule has 0 amide bonds. The van der Waals surface area contributed by atoms with Crippen LogP contribution in [-0.4, -0.2) is 17.0 Å². The number of nitrogen functional groups attached to an aromatic ring is 1. The molecular formula is C13H17N5. The minimum absolute atomic E-state index is 0.133. The first-order chi connectivity index (χ1) is 8.72. The molecule has 0 spiro atoms. The van der Waals surface area contributed by atoms with Crippen molar-refractivity contribution in [3.63, 3.8) is 0 Å². The Balaban J connectivity index is 2.19. The topological polar surface area (TPSA) is 75.9 Å². The SMILES string of the molecule is CNc1ncnc(NC(C)c2ccccc2)c1N. The van der Waals surface area contributed by atoms with E-state index in [0.29, 0.717) is 17.3 Å². The lowest BCUT2D eigenvalue weighted by Crippen LogP contribution is -2.11. The number of hydrogen-bond acceptors (Lipinski definition) is 5. The van der Waals surface area contributed by atoms with Gasteiger partial charge in [0.25, 0.3) is 0 Å². The summed E-state index contributed by atoms with van der Waals surface area (Å²) in [5, 5.41) is 6.22. The average Bonchev–Trinajstić information content (AvgIpc) is 2.42. The second-order valence-electron chi connectivity index (χ2n) is 4.01. The molecule has 2 aromatic rings.